The highest BCUT2D eigenvalue weighted by Crippen LogP contribution is 2.24. The topological polar surface area (TPSA) is 81.1 Å². The van der Waals surface area contributed by atoms with Gasteiger partial charge < -0.3 is 8.94 Å². The maximum Gasteiger partial charge on any atom is 0.257 e. The predicted octanol–water partition coefficient (Wildman–Crippen LogP) is 4.32. The van der Waals surface area contributed by atoms with Crippen LogP contribution in [0.5, 0.6) is 0 Å². The van der Waals surface area contributed by atoms with Gasteiger partial charge in [0.15, 0.2) is 0 Å². The number of rotatable bonds is 8. The van der Waals surface area contributed by atoms with Crippen LogP contribution in [0.15, 0.2) is 44.0 Å². The largest absolute Gasteiger partial charge is 0.419 e. The minimum atomic E-state index is 0.545. The number of hydrogen-bond donors (Lipinski definition) is 0. The van der Waals surface area contributed by atoms with Crippen molar-refractivity contribution in [1.29, 1.82) is 0 Å². The zero-order valence-electron chi connectivity index (χ0n) is 14.2. The van der Waals surface area contributed by atoms with E-state index >= 15 is 0 Å². The Morgan fingerprint density at radius 1 is 1.00 bits per heavy atom. The van der Waals surface area contributed by atoms with Gasteiger partial charge in [0, 0.05) is 0 Å². The van der Waals surface area contributed by atoms with E-state index in [0.29, 0.717) is 36.6 Å². The van der Waals surface area contributed by atoms with E-state index < -0.39 is 0 Å². The summed E-state index contributed by atoms with van der Waals surface area (Å²) in [5.41, 5.74) is 0. The molecule has 0 unspecified atom stereocenters. The van der Waals surface area contributed by atoms with E-state index in [2.05, 4.69) is 32.2 Å². The summed E-state index contributed by atoms with van der Waals surface area (Å²) in [4.78, 5) is 8.63. The van der Waals surface area contributed by atoms with Gasteiger partial charge in [0.1, 0.15) is 0 Å². The van der Waals surface area contributed by atoms with E-state index in [-0.39, 0.29) is 0 Å². The highest BCUT2D eigenvalue weighted by molar-refractivity contribution is 7.13. The molecule has 0 bridgehead atoms. The van der Waals surface area contributed by atoms with Gasteiger partial charge in [-0.05, 0) is 35.9 Å². The zero-order valence-corrected chi connectivity index (χ0v) is 15.8. The summed E-state index contributed by atoms with van der Waals surface area (Å²) in [5.74, 6) is 2.35. The van der Waals surface area contributed by atoms with Crippen molar-refractivity contribution >= 4 is 22.7 Å². The van der Waals surface area contributed by atoms with Crippen molar-refractivity contribution in [2.45, 2.75) is 26.4 Å². The van der Waals surface area contributed by atoms with Crippen molar-refractivity contribution in [3.05, 3.63) is 46.8 Å². The normalized spacial score (nSPS) is 11.5. The SMILES string of the molecule is CCCN(Cc1nc(-c2cccs2)no1)Cc1nnc(-c2cccs2)o1. The molecule has 4 aromatic rings. The molecule has 0 fully saturated rings. The highest BCUT2D eigenvalue weighted by Gasteiger charge is 2.17. The van der Waals surface area contributed by atoms with Crippen LogP contribution in [0.4, 0.5) is 0 Å². The maximum absolute atomic E-state index is 5.79. The first-order valence-electron chi connectivity index (χ1n) is 8.27. The van der Waals surface area contributed by atoms with Gasteiger partial charge in [0.05, 0.1) is 22.8 Å². The molecule has 0 aliphatic carbocycles. The molecule has 26 heavy (non-hydrogen) atoms. The Labute approximate surface area is 158 Å². The third kappa shape index (κ3) is 3.90. The highest BCUT2D eigenvalue weighted by atomic mass is 32.1. The Bertz CT molecular complexity index is 856. The third-order valence-electron chi connectivity index (χ3n) is 3.67. The Morgan fingerprint density at radius 2 is 1.77 bits per heavy atom. The Balaban J connectivity index is 1.44. The average molecular weight is 387 g/mol. The Kier molecular flexibility index (Phi) is 5.19. The van der Waals surface area contributed by atoms with E-state index in [4.69, 9.17) is 8.94 Å². The molecule has 4 aromatic heterocycles. The second kappa shape index (κ2) is 7.90. The van der Waals surface area contributed by atoms with Crippen molar-refractivity contribution in [2.24, 2.45) is 0 Å². The summed E-state index contributed by atoms with van der Waals surface area (Å²) in [7, 11) is 0. The monoisotopic (exact) mass is 387 g/mol. The lowest BCUT2D eigenvalue weighted by Gasteiger charge is -2.16. The third-order valence-corrected chi connectivity index (χ3v) is 5.39. The molecule has 0 spiro atoms. The number of thiophene rings is 2. The molecule has 0 saturated heterocycles. The summed E-state index contributed by atoms with van der Waals surface area (Å²) < 4.78 is 11.2. The lowest BCUT2D eigenvalue weighted by Crippen LogP contribution is -2.24. The summed E-state index contributed by atoms with van der Waals surface area (Å²) in [5, 5.41) is 16.3. The molecule has 0 aliphatic heterocycles. The van der Waals surface area contributed by atoms with Crippen LogP contribution in [-0.2, 0) is 13.1 Å². The molecule has 0 aliphatic rings. The van der Waals surface area contributed by atoms with Gasteiger partial charge in [-0.25, -0.2) is 0 Å². The number of hydrogen-bond acceptors (Lipinski definition) is 9. The van der Waals surface area contributed by atoms with Crippen LogP contribution in [0.25, 0.3) is 21.5 Å². The van der Waals surface area contributed by atoms with Crippen LogP contribution in [0.1, 0.15) is 25.1 Å². The molecular formula is C17H17N5O2S2. The number of nitrogens with zero attached hydrogens (tertiary/aromatic N) is 5. The van der Waals surface area contributed by atoms with Crippen molar-refractivity contribution in [2.75, 3.05) is 6.54 Å². The quantitative estimate of drug-likeness (QED) is 0.445. The van der Waals surface area contributed by atoms with Gasteiger partial charge in [-0.2, -0.15) is 4.98 Å². The first-order valence-corrected chi connectivity index (χ1v) is 10.0. The van der Waals surface area contributed by atoms with Gasteiger partial charge in [-0.3, -0.25) is 4.90 Å². The average Bonchev–Trinajstić information content (AvgIpc) is 3.41. The van der Waals surface area contributed by atoms with Gasteiger partial charge >= 0.3 is 0 Å². The second-order valence-electron chi connectivity index (χ2n) is 5.68. The molecule has 0 aromatic carbocycles. The van der Waals surface area contributed by atoms with Crippen LogP contribution in [0, 0.1) is 0 Å². The van der Waals surface area contributed by atoms with E-state index in [1.165, 1.54) is 0 Å². The molecule has 4 heterocycles. The van der Waals surface area contributed by atoms with Crippen LogP contribution >= 0.6 is 22.7 Å². The molecule has 0 atom stereocenters. The van der Waals surface area contributed by atoms with Crippen molar-refractivity contribution in [1.82, 2.24) is 25.2 Å². The van der Waals surface area contributed by atoms with Crippen molar-refractivity contribution in [3.8, 4) is 21.5 Å². The van der Waals surface area contributed by atoms with Crippen molar-refractivity contribution in [3.63, 3.8) is 0 Å². The van der Waals surface area contributed by atoms with Crippen LogP contribution in [0.3, 0.4) is 0 Å². The fourth-order valence-electron chi connectivity index (χ4n) is 2.56. The zero-order chi connectivity index (χ0) is 17.8. The summed E-state index contributed by atoms with van der Waals surface area (Å²) in [6.45, 7) is 4.09. The molecular weight excluding hydrogens is 370 g/mol. The Hall–Kier alpha value is -2.36. The minimum absolute atomic E-state index is 0.545. The van der Waals surface area contributed by atoms with E-state index in [9.17, 15) is 0 Å². The Morgan fingerprint density at radius 3 is 2.50 bits per heavy atom. The molecule has 0 radical (unpaired) electrons. The molecule has 134 valence electrons. The predicted molar refractivity (Wildman–Crippen MR) is 99.6 cm³/mol. The van der Waals surface area contributed by atoms with Gasteiger partial charge in [0.2, 0.25) is 17.6 Å². The van der Waals surface area contributed by atoms with E-state index in [1.807, 2.05) is 35.0 Å². The molecule has 7 nitrogen and oxygen atoms in total. The van der Waals surface area contributed by atoms with E-state index in [1.54, 1.807) is 22.7 Å². The summed E-state index contributed by atoms with van der Waals surface area (Å²) in [6, 6.07) is 7.89. The maximum atomic E-state index is 5.79. The molecule has 4 rings (SSSR count). The van der Waals surface area contributed by atoms with Gasteiger partial charge in [-0.15, -0.1) is 32.9 Å². The second-order valence-corrected chi connectivity index (χ2v) is 7.57. The van der Waals surface area contributed by atoms with Crippen molar-refractivity contribution < 1.29 is 8.94 Å². The van der Waals surface area contributed by atoms with Crippen LogP contribution in [0.2, 0.25) is 0 Å². The number of aromatic nitrogens is 4. The minimum Gasteiger partial charge on any atom is -0.419 e. The molecule has 0 N–H and O–H groups in total. The fraction of sp³-hybridized carbons (Fsp3) is 0.294. The standard InChI is InChI=1S/C17H17N5O2S2/c1-2-7-22(10-14-18-16(21-24-14)12-5-3-8-25-12)11-15-19-20-17(23-15)13-6-4-9-26-13/h3-6,8-9H,2,7,10-11H2,1H3. The molecule has 9 heteroatoms. The smallest absolute Gasteiger partial charge is 0.257 e. The summed E-state index contributed by atoms with van der Waals surface area (Å²) in [6.07, 6.45) is 0.998. The first-order chi connectivity index (χ1) is 12.8. The summed E-state index contributed by atoms with van der Waals surface area (Å²) >= 11 is 3.17. The van der Waals surface area contributed by atoms with Gasteiger partial charge in [-0.1, -0.05) is 24.2 Å². The van der Waals surface area contributed by atoms with Crippen LogP contribution < -0.4 is 0 Å². The first kappa shape index (κ1) is 17.1. The molecule has 0 saturated carbocycles. The van der Waals surface area contributed by atoms with Gasteiger partial charge in [0.25, 0.3) is 5.89 Å². The van der Waals surface area contributed by atoms with E-state index in [0.717, 1.165) is 22.7 Å². The lowest BCUT2D eigenvalue weighted by molar-refractivity contribution is 0.201. The van der Waals surface area contributed by atoms with Crippen LogP contribution in [-0.4, -0.2) is 31.8 Å². The molecule has 0 amide bonds. The lowest BCUT2D eigenvalue weighted by atomic mass is 10.4. The fourth-order valence-corrected chi connectivity index (χ4v) is 3.85.